The fourth-order valence-corrected chi connectivity index (χ4v) is 2.86. The largest absolute Gasteiger partial charge is 0.368 e. The Kier molecular flexibility index (Phi) is 5.45. The summed E-state index contributed by atoms with van der Waals surface area (Å²) in [6.07, 6.45) is 9.12. The van der Waals surface area contributed by atoms with E-state index in [1.807, 2.05) is 4.90 Å². The molecule has 1 heterocycles. The van der Waals surface area contributed by atoms with Crippen LogP contribution in [-0.4, -0.2) is 42.6 Å². The molecule has 2 aliphatic rings. The fourth-order valence-electron chi connectivity index (χ4n) is 2.86. The minimum absolute atomic E-state index is 0.173. The Hall–Kier alpha value is -0.610. The van der Waals surface area contributed by atoms with Gasteiger partial charge in [0.1, 0.15) is 6.61 Å². The number of hydrogen-bond acceptors (Lipinski definition) is 3. The van der Waals surface area contributed by atoms with Crippen LogP contribution in [0.4, 0.5) is 0 Å². The van der Waals surface area contributed by atoms with Gasteiger partial charge in [0.2, 0.25) is 5.91 Å². The topological polar surface area (TPSA) is 55.6 Å². The van der Waals surface area contributed by atoms with Crippen molar-refractivity contribution in [3.05, 3.63) is 0 Å². The van der Waals surface area contributed by atoms with Gasteiger partial charge in [0.15, 0.2) is 0 Å². The summed E-state index contributed by atoms with van der Waals surface area (Å²) in [7, 11) is 0. The maximum Gasteiger partial charge on any atom is 0.248 e. The predicted octanol–water partition coefficient (Wildman–Crippen LogP) is 1.68. The molecule has 0 aromatic heterocycles. The van der Waals surface area contributed by atoms with Gasteiger partial charge in [-0.1, -0.05) is 12.8 Å². The quantitative estimate of drug-likeness (QED) is 0.833. The van der Waals surface area contributed by atoms with Gasteiger partial charge >= 0.3 is 0 Å². The van der Waals surface area contributed by atoms with E-state index in [1.165, 1.54) is 12.8 Å². The lowest BCUT2D eigenvalue weighted by Gasteiger charge is -2.27. The standard InChI is InChI=1S/C14H26N2O2/c15-12-5-7-13(8-6-12)18-11-14(17)16-9-3-1-2-4-10-16/h12-13H,1-11,15H2. The average molecular weight is 254 g/mol. The molecule has 1 amide bonds. The Morgan fingerprint density at radius 1 is 1.06 bits per heavy atom. The van der Waals surface area contributed by atoms with E-state index in [0.29, 0.717) is 6.04 Å². The van der Waals surface area contributed by atoms with Gasteiger partial charge < -0.3 is 15.4 Å². The number of hydrogen-bond donors (Lipinski definition) is 1. The van der Waals surface area contributed by atoms with Crippen LogP contribution in [0.1, 0.15) is 51.4 Å². The zero-order chi connectivity index (χ0) is 12.8. The van der Waals surface area contributed by atoms with Gasteiger partial charge in [0.25, 0.3) is 0 Å². The van der Waals surface area contributed by atoms with Gasteiger partial charge in [0.05, 0.1) is 6.10 Å². The van der Waals surface area contributed by atoms with Crippen molar-refractivity contribution in [2.75, 3.05) is 19.7 Å². The molecule has 18 heavy (non-hydrogen) atoms. The van der Waals surface area contributed by atoms with Crippen LogP contribution in [0.5, 0.6) is 0 Å². The molecule has 0 spiro atoms. The molecule has 0 aromatic carbocycles. The van der Waals surface area contributed by atoms with E-state index in [4.69, 9.17) is 10.5 Å². The van der Waals surface area contributed by atoms with E-state index in [1.54, 1.807) is 0 Å². The lowest BCUT2D eigenvalue weighted by atomic mass is 9.94. The molecule has 4 nitrogen and oxygen atoms in total. The smallest absolute Gasteiger partial charge is 0.248 e. The van der Waals surface area contributed by atoms with Gasteiger partial charge in [-0.3, -0.25) is 4.79 Å². The Morgan fingerprint density at radius 3 is 2.28 bits per heavy atom. The molecule has 2 rings (SSSR count). The summed E-state index contributed by atoms with van der Waals surface area (Å²) in [5.74, 6) is 0.173. The lowest BCUT2D eigenvalue weighted by molar-refractivity contribution is -0.138. The molecule has 0 bridgehead atoms. The molecule has 2 fully saturated rings. The van der Waals surface area contributed by atoms with Crippen LogP contribution in [0.2, 0.25) is 0 Å². The first-order valence-electron chi connectivity index (χ1n) is 7.40. The predicted molar refractivity (Wildman–Crippen MR) is 71.2 cm³/mol. The molecular weight excluding hydrogens is 228 g/mol. The zero-order valence-corrected chi connectivity index (χ0v) is 11.3. The van der Waals surface area contributed by atoms with Crippen molar-refractivity contribution in [2.45, 2.75) is 63.5 Å². The normalized spacial score (nSPS) is 29.9. The molecule has 0 unspecified atom stereocenters. The molecule has 1 saturated heterocycles. The Balaban J connectivity index is 1.67. The number of carbonyl (C=O) groups excluding carboxylic acids is 1. The molecule has 1 aliphatic carbocycles. The van der Waals surface area contributed by atoms with Crippen LogP contribution < -0.4 is 5.73 Å². The molecule has 0 radical (unpaired) electrons. The summed E-state index contributed by atoms with van der Waals surface area (Å²) in [5.41, 5.74) is 5.86. The Labute approximate surface area is 110 Å². The van der Waals surface area contributed by atoms with Gasteiger partial charge in [-0.05, 0) is 38.5 Å². The van der Waals surface area contributed by atoms with E-state index < -0.39 is 0 Å². The summed E-state index contributed by atoms with van der Waals surface area (Å²) in [4.78, 5) is 14.0. The number of carbonyl (C=O) groups is 1. The lowest BCUT2D eigenvalue weighted by Crippen LogP contribution is -2.37. The summed E-state index contributed by atoms with van der Waals surface area (Å²) in [6.45, 7) is 2.09. The first-order valence-corrected chi connectivity index (χ1v) is 7.40. The van der Waals surface area contributed by atoms with Crippen molar-refractivity contribution >= 4 is 5.91 Å². The number of likely N-dealkylation sites (tertiary alicyclic amines) is 1. The van der Waals surface area contributed by atoms with Crippen molar-refractivity contribution in [2.24, 2.45) is 5.73 Å². The van der Waals surface area contributed by atoms with E-state index in [0.717, 1.165) is 51.6 Å². The Morgan fingerprint density at radius 2 is 1.67 bits per heavy atom. The van der Waals surface area contributed by atoms with Crippen molar-refractivity contribution in [3.8, 4) is 0 Å². The van der Waals surface area contributed by atoms with E-state index in [9.17, 15) is 4.79 Å². The highest BCUT2D eigenvalue weighted by atomic mass is 16.5. The average Bonchev–Trinajstić information content (AvgIpc) is 2.66. The molecule has 0 aromatic rings. The zero-order valence-electron chi connectivity index (χ0n) is 11.3. The van der Waals surface area contributed by atoms with Crippen LogP contribution in [0, 0.1) is 0 Å². The van der Waals surface area contributed by atoms with Crippen LogP contribution in [-0.2, 0) is 9.53 Å². The molecule has 4 heteroatoms. The summed E-state index contributed by atoms with van der Waals surface area (Å²) in [6, 6.07) is 0.339. The number of amides is 1. The molecule has 0 atom stereocenters. The number of nitrogens with two attached hydrogens (primary N) is 1. The van der Waals surface area contributed by atoms with Crippen molar-refractivity contribution in [1.82, 2.24) is 4.90 Å². The van der Waals surface area contributed by atoms with E-state index in [2.05, 4.69) is 0 Å². The van der Waals surface area contributed by atoms with E-state index in [-0.39, 0.29) is 18.6 Å². The maximum absolute atomic E-state index is 12.0. The second-order valence-corrected chi connectivity index (χ2v) is 5.64. The van der Waals surface area contributed by atoms with Gasteiger partial charge in [-0.25, -0.2) is 0 Å². The number of rotatable bonds is 3. The summed E-state index contributed by atoms with van der Waals surface area (Å²) < 4.78 is 5.74. The van der Waals surface area contributed by atoms with Crippen molar-refractivity contribution in [1.29, 1.82) is 0 Å². The highest BCUT2D eigenvalue weighted by molar-refractivity contribution is 5.77. The van der Waals surface area contributed by atoms with Crippen LogP contribution in [0.15, 0.2) is 0 Å². The molecular formula is C14H26N2O2. The second kappa shape index (κ2) is 7.10. The van der Waals surface area contributed by atoms with Gasteiger partial charge in [0, 0.05) is 19.1 Å². The van der Waals surface area contributed by atoms with Crippen molar-refractivity contribution in [3.63, 3.8) is 0 Å². The highest BCUT2D eigenvalue weighted by Crippen LogP contribution is 2.20. The SMILES string of the molecule is NC1CCC(OCC(=O)N2CCCCCC2)CC1. The fraction of sp³-hybridized carbons (Fsp3) is 0.929. The third-order valence-corrected chi connectivity index (χ3v) is 4.12. The van der Waals surface area contributed by atoms with Gasteiger partial charge in [-0.15, -0.1) is 0 Å². The van der Waals surface area contributed by atoms with E-state index >= 15 is 0 Å². The monoisotopic (exact) mass is 254 g/mol. The third kappa shape index (κ3) is 4.25. The van der Waals surface area contributed by atoms with Crippen LogP contribution >= 0.6 is 0 Å². The molecule has 104 valence electrons. The number of ether oxygens (including phenoxy) is 1. The minimum Gasteiger partial charge on any atom is -0.368 e. The summed E-state index contributed by atoms with van der Waals surface area (Å²) in [5, 5.41) is 0. The molecule has 2 N–H and O–H groups in total. The molecule has 1 saturated carbocycles. The second-order valence-electron chi connectivity index (χ2n) is 5.64. The van der Waals surface area contributed by atoms with Gasteiger partial charge in [-0.2, -0.15) is 0 Å². The third-order valence-electron chi connectivity index (χ3n) is 4.12. The first-order chi connectivity index (χ1) is 8.75. The maximum atomic E-state index is 12.0. The Bertz CT molecular complexity index is 255. The molecule has 1 aliphatic heterocycles. The first kappa shape index (κ1) is 13.8. The summed E-state index contributed by atoms with van der Waals surface area (Å²) >= 11 is 0. The minimum atomic E-state index is 0.173. The van der Waals surface area contributed by atoms with Crippen LogP contribution in [0.3, 0.4) is 0 Å². The number of nitrogens with zero attached hydrogens (tertiary/aromatic N) is 1. The highest BCUT2D eigenvalue weighted by Gasteiger charge is 2.21. The van der Waals surface area contributed by atoms with Crippen molar-refractivity contribution < 1.29 is 9.53 Å². The van der Waals surface area contributed by atoms with Crippen LogP contribution in [0.25, 0.3) is 0 Å².